The third-order valence-electron chi connectivity index (χ3n) is 3.65. The second-order valence-corrected chi connectivity index (χ2v) is 7.34. The lowest BCUT2D eigenvalue weighted by Gasteiger charge is -2.30. The quantitative estimate of drug-likeness (QED) is 0.840. The molecule has 0 bridgehead atoms. The maximum Gasteiger partial charge on any atom is 0.335 e. The molecule has 3 N–H and O–H groups in total. The highest BCUT2D eigenvalue weighted by atomic mass is 35.5. The second kappa shape index (κ2) is 6.23. The number of benzene rings is 1. The number of hydrogen-bond acceptors (Lipinski definition) is 4. The van der Waals surface area contributed by atoms with Crippen LogP contribution in [0.4, 0.5) is 0 Å². The van der Waals surface area contributed by atoms with E-state index in [9.17, 15) is 18.0 Å². The molecule has 0 radical (unpaired) electrons. The highest BCUT2D eigenvalue weighted by Gasteiger charge is 2.32. The number of amides is 1. The zero-order valence-electron chi connectivity index (χ0n) is 11.5. The van der Waals surface area contributed by atoms with Crippen LogP contribution in [0.25, 0.3) is 0 Å². The molecule has 1 fully saturated rings. The molecule has 0 spiro atoms. The minimum atomic E-state index is -3.91. The Morgan fingerprint density at radius 1 is 1.27 bits per heavy atom. The highest BCUT2D eigenvalue weighted by Crippen LogP contribution is 2.29. The Morgan fingerprint density at radius 2 is 1.86 bits per heavy atom. The van der Waals surface area contributed by atoms with Crippen LogP contribution in [0.3, 0.4) is 0 Å². The molecular formula is C13H15ClN2O5S. The van der Waals surface area contributed by atoms with Crippen LogP contribution >= 0.6 is 11.6 Å². The van der Waals surface area contributed by atoms with E-state index >= 15 is 0 Å². The number of carboxylic acids is 1. The molecular weight excluding hydrogens is 332 g/mol. The predicted molar refractivity (Wildman–Crippen MR) is 79.1 cm³/mol. The number of carbonyl (C=O) groups excluding carboxylic acids is 1. The zero-order valence-corrected chi connectivity index (χ0v) is 13.1. The fraction of sp³-hybridized carbons (Fsp3) is 0.385. The van der Waals surface area contributed by atoms with Gasteiger partial charge in [0.15, 0.2) is 0 Å². The van der Waals surface area contributed by atoms with Crippen molar-refractivity contribution in [3.63, 3.8) is 0 Å². The van der Waals surface area contributed by atoms with Crippen molar-refractivity contribution in [2.24, 2.45) is 11.7 Å². The van der Waals surface area contributed by atoms with Crippen LogP contribution in [0.2, 0.25) is 5.02 Å². The van der Waals surface area contributed by atoms with Gasteiger partial charge in [0.25, 0.3) is 0 Å². The predicted octanol–water partition coefficient (Wildman–Crippen LogP) is 0.924. The van der Waals surface area contributed by atoms with E-state index in [-0.39, 0.29) is 34.5 Å². The van der Waals surface area contributed by atoms with Crippen LogP contribution in [0, 0.1) is 5.92 Å². The maximum absolute atomic E-state index is 12.6. The van der Waals surface area contributed by atoms with Crippen molar-refractivity contribution in [2.75, 3.05) is 13.1 Å². The first-order valence-electron chi connectivity index (χ1n) is 6.56. The number of halogens is 1. The maximum atomic E-state index is 12.6. The lowest BCUT2D eigenvalue weighted by atomic mass is 9.98. The Morgan fingerprint density at radius 3 is 2.36 bits per heavy atom. The monoisotopic (exact) mass is 346 g/mol. The molecule has 0 saturated carbocycles. The summed E-state index contributed by atoms with van der Waals surface area (Å²) in [6.07, 6.45) is 0.676. The van der Waals surface area contributed by atoms with Gasteiger partial charge in [-0.25, -0.2) is 13.2 Å². The first kappa shape index (κ1) is 16.7. The zero-order chi connectivity index (χ0) is 16.5. The molecule has 9 heteroatoms. The standard InChI is InChI=1S/C13H15ClN2O5S/c14-10-2-1-9(13(18)19)7-11(10)22(20,21)16-5-3-8(4-6-16)12(15)17/h1-2,7-8H,3-6H2,(H2,15,17)(H,18,19). The van der Waals surface area contributed by atoms with E-state index in [0.717, 1.165) is 6.07 Å². The minimum absolute atomic E-state index is 0.0398. The summed E-state index contributed by atoms with van der Waals surface area (Å²) < 4.78 is 26.4. The van der Waals surface area contributed by atoms with Crippen LogP contribution in [0.15, 0.2) is 23.1 Å². The number of rotatable bonds is 4. The number of primary amides is 1. The second-order valence-electron chi connectivity index (χ2n) is 5.03. The van der Waals surface area contributed by atoms with E-state index in [4.69, 9.17) is 22.4 Å². The molecule has 1 amide bonds. The van der Waals surface area contributed by atoms with Crippen LogP contribution in [-0.4, -0.2) is 42.8 Å². The molecule has 1 saturated heterocycles. The van der Waals surface area contributed by atoms with Crippen molar-refractivity contribution in [1.29, 1.82) is 0 Å². The molecule has 120 valence electrons. The Labute approximate surface area is 132 Å². The van der Waals surface area contributed by atoms with Gasteiger partial charge in [0.1, 0.15) is 4.90 Å². The van der Waals surface area contributed by atoms with Crippen molar-refractivity contribution >= 4 is 33.5 Å². The van der Waals surface area contributed by atoms with Gasteiger partial charge >= 0.3 is 5.97 Å². The van der Waals surface area contributed by atoms with Gasteiger partial charge in [-0.15, -0.1) is 0 Å². The molecule has 22 heavy (non-hydrogen) atoms. The molecule has 0 atom stereocenters. The largest absolute Gasteiger partial charge is 0.478 e. The molecule has 2 rings (SSSR count). The van der Waals surface area contributed by atoms with E-state index in [2.05, 4.69) is 0 Å². The van der Waals surface area contributed by atoms with Crippen molar-refractivity contribution in [3.8, 4) is 0 Å². The Balaban J connectivity index is 2.30. The van der Waals surface area contributed by atoms with E-state index in [1.54, 1.807) is 0 Å². The Hall–Kier alpha value is -1.64. The van der Waals surface area contributed by atoms with Gasteiger partial charge < -0.3 is 10.8 Å². The van der Waals surface area contributed by atoms with Crippen LogP contribution in [0.1, 0.15) is 23.2 Å². The van der Waals surface area contributed by atoms with Crippen molar-refractivity contribution in [2.45, 2.75) is 17.7 Å². The number of hydrogen-bond donors (Lipinski definition) is 2. The fourth-order valence-electron chi connectivity index (χ4n) is 2.35. The summed E-state index contributed by atoms with van der Waals surface area (Å²) in [4.78, 5) is 21.9. The van der Waals surface area contributed by atoms with Gasteiger partial charge in [-0.3, -0.25) is 4.79 Å². The Kier molecular flexibility index (Phi) is 4.74. The molecule has 1 aromatic carbocycles. The normalized spacial score (nSPS) is 17.3. The third-order valence-corrected chi connectivity index (χ3v) is 6.03. The Bertz CT molecular complexity index is 711. The molecule has 1 aromatic rings. The van der Waals surface area contributed by atoms with Gasteiger partial charge in [0.05, 0.1) is 10.6 Å². The first-order valence-corrected chi connectivity index (χ1v) is 8.37. The lowest BCUT2D eigenvalue weighted by Crippen LogP contribution is -2.41. The lowest BCUT2D eigenvalue weighted by molar-refractivity contribution is -0.122. The van der Waals surface area contributed by atoms with Gasteiger partial charge in [0, 0.05) is 19.0 Å². The van der Waals surface area contributed by atoms with Crippen LogP contribution < -0.4 is 5.73 Å². The van der Waals surface area contributed by atoms with Gasteiger partial charge in [-0.1, -0.05) is 11.6 Å². The minimum Gasteiger partial charge on any atom is -0.478 e. The smallest absolute Gasteiger partial charge is 0.335 e. The summed E-state index contributed by atoms with van der Waals surface area (Å²) in [5, 5.41) is 8.93. The van der Waals surface area contributed by atoms with Gasteiger partial charge in [-0.05, 0) is 31.0 Å². The summed E-state index contributed by atoms with van der Waals surface area (Å²) in [6, 6.07) is 3.53. The number of nitrogens with zero attached hydrogens (tertiary/aromatic N) is 1. The molecule has 0 aromatic heterocycles. The first-order chi connectivity index (χ1) is 10.2. The summed E-state index contributed by atoms with van der Waals surface area (Å²) in [5.41, 5.74) is 5.06. The number of sulfonamides is 1. The fourth-order valence-corrected chi connectivity index (χ4v) is 4.32. The highest BCUT2D eigenvalue weighted by molar-refractivity contribution is 7.89. The van der Waals surface area contributed by atoms with Crippen molar-refractivity contribution in [1.82, 2.24) is 4.31 Å². The van der Waals surface area contributed by atoms with Crippen LogP contribution in [0.5, 0.6) is 0 Å². The topological polar surface area (TPSA) is 118 Å². The average Bonchev–Trinajstić information content (AvgIpc) is 2.47. The molecule has 1 heterocycles. The molecule has 7 nitrogen and oxygen atoms in total. The van der Waals surface area contributed by atoms with Crippen molar-refractivity contribution in [3.05, 3.63) is 28.8 Å². The SMILES string of the molecule is NC(=O)C1CCN(S(=O)(=O)c2cc(C(=O)O)ccc2Cl)CC1. The van der Waals surface area contributed by atoms with E-state index in [0.29, 0.717) is 12.8 Å². The molecule has 0 unspecified atom stereocenters. The number of piperidine rings is 1. The van der Waals surface area contributed by atoms with Gasteiger partial charge in [-0.2, -0.15) is 4.31 Å². The number of carboxylic acid groups (broad SMARTS) is 1. The van der Waals surface area contributed by atoms with Crippen LogP contribution in [-0.2, 0) is 14.8 Å². The van der Waals surface area contributed by atoms with E-state index in [1.165, 1.54) is 16.4 Å². The summed E-state index contributed by atoms with van der Waals surface area (Å²) in [5.74, 6) is -2.02. The van der Waals surface area contributed by atoms with E-state index < -0.39 is 21.9 Å². The van der Waals surface area contributed by atoms with Crippen molar-refractivity contribution < 1.29 is 23.1 Å². The average molecular weight is 347 g/mol. The number of aromatic carboxylic acids is 1. The molecule has 1 aliphatic rings. The third kappa shape index (κ3) is 3.23. The van der Waals surface area contributed by atoms with E-state index in [1.807, 2.05) is 0 Å². The number of carbonyl (C=O) groups is 2. The number of nitrogens with two attached hydrogens (primary N) is 1. The van der Waals surface area contributed by atoms with Gasteiger partial charge in [0.2, 0.25) is 15.9 Å². The molecule has 0 aliphatic carbocycles. The summed E-state index contributed by atoms with van der Waals surface area (Å²) >= 11 is 5.91. The summed E-state index contributed by atoms with van der Waals surface area (Å²) in [7, 11) is -3.91. The molecule has 1 aliphatic heterocycles. The summed E-state index contributed by atoms with van der Waals surface area (Å²) in [6.45, 7) is 0.285.